The molecule has 1 aromatic heterocycles. The first-order valence-electron chi connectivity index (χ1n) is 3.62. The van der Waals surface area contributed by atoms with E-state index in [1.807, 2.05) is 0 Å². The standard InChI is InChI=1S/C6H8N4O2/c11-6(12)5-8-3-10(9-5)4-1-7-2-4/h3-4,7H,1-2H2,(H,11,12). The minimum atomic E-state index is -1.08. The minimum Gasteiger partial charge on any atom is -0.475 e. The largest absolute Gasteiger partial charge is 0.475 e. The van der Waals surface area contributed by atoms with Crippen LogP contribution in [-0.2, 0) is 0 Å². The molecular weight excluding hydrogens is 160 g/mol. The number of hydrogen-bond acceptors (Lipinski definition) is 4. The van der Waals surface area contributed by atoms with Crippen molar-refractivity contribution in [1.82, 2.24) is 20.1 Å². The number of carboxylic acid groups (broad SMARTS) is 1. The molecule has 6 nitrogen and oxygen atoms in total. The zero-order valence-electron chi connectivity index (χ0n) is 6.27. The smallest absolute Gasteiger partial charge is 0.375 e. The van der Waals surface area contributed by atoms with Gasteiger partial charge in [0.05, 0.1) is 6.04 Å². The van der Waals surface area contributed by atoms with Gasteiger partial charge in [-0.2, -0.15) is 0 Å². The Morgan fingerprint density at radius 2 is 2.50 bits per heavy atom. The molecule has 0 unspecified atom stereocenters. The third kappa shape index (κ3) is 1.06. The highest BCUT2D eigenvalue weighted by molar-refractivity contribution is 5.82. The average Bonchev–Trinajstić information content (AvgIpc) is 2.32. The molecule has 0 saturated carbocycles. The normalized spacial score (nSPS) is 17.3. The van der Waals surface area contributed by atoms with Gasteiger partial charge in [0.15, 0.2) is 0 Å². The first-order chi connectivity index (χ1) is 5.77. The molecule has 0 atom stereocenters. The lowest BCUT2D eigenvalue weighted by atomic mass is 10.2. The molecule has 0 spiro atoms. The Labute approximate surface area is 68.2 Å². The van der Waals surface area contributed by atoms with Gasteiger partial charge in [0.25, 0.3) is 5.82 Å². The Kier molecular flexibility index (Phi) is 1.54. The quantitative estimate of drug-likeness (QED) is 0.599. The number of hydrogen-bond donors (Lipinski definition) is 2. The van der Waals surface area contributed by atoms with Crippen molar-refractivity contribution in [3.63, 3.8) is 0 Å². The van der Waals surface area contributed by atoms with Crippen LogP contribution in [0.2, 0.25) is 0 Å². The highest BCUT2D eigenvalue weighted by Gasteiger charge is 2.21. The Bertz CT molecular complexity index is 304. The van der Waals surface area contributed by atoms with Crippen LogP contribution < -0.4 is 5.32 Å². The summed E-state index contributed by atoms with van der Waals surface area (Å²) in [4.78, 5) is 14.0. The molecule has 2 N–H and O–H groups in total. The van der Waals surface area contributed by atoms with Crippen molar-refractivity contribution in [3.05, 3.63) is 12.2 Å². The number of aromatic nitrogens is 3. The molecule has 0 amide bonds. The second-order valence-corrected chi connectivity index (χ2v) is 2.67. The summed E-state index contributed by atoms with van der Waals surface area (Å²) in [7, 11) is 0. The fraction of sp³-hybridized carbons (Fsp3) is 0.500. The number of aromatic carboxylic acids is 1. The van der Waals surface area contributed by atoms with Crippen molar-refractivity contribution < 1.29 is 9.90 Å². The van der Waals surface area contributed by atoms with Gasteiger partial charge in [-0.25, -0.2) is 14.5 Å². The topological polar surface area (TPSA) is 80.0 Å². The van der Waals surface area contributed by atoms with E-state index in [0.29, 0.717) is 0 Å². The Balaban J connectivity index is 2.17. The molecule has 1 aliphatic rings. The predicted octanol–water partition coefficient (Wildman–Crippen LogP) is -0.879. The van der Waals surface area contributed by atoms with Crippen LogP contribution in [0.4, 0.5) is 0 Å². The summed E-state index contributed by atoms with van der Waals surface area (Å²) < 4.78 is 1.58. The molecule has 64 valence electrons. The van der Waals surface area contributed by atoms with Crippen molar-refractivity contribution in [2.45, 2.75) is 6.04 Å². The van der Waals surface area contributed by atoms with E-state index in [0.717, 1.165) is 13.1 Å². The van der Waals surface area contributed by atoms with Gasteiger partial charge in [-0.1, -0.05) is 0 Å². The Morgan fingerprint density at radius 3 is 2.92 bits per heavy atom. The van der Waals surface area contributed by atoms with Gasteiger partial charge in [-0.05, 0) is 0 Å². The van der Waals surface area contributed by atoms with Gasteiger partial charge in [-0.3, -0.25) is 0 Å². The molecule has 6 heteroatoms. The van der Waals surface area contributed by atoms with Crippen LogP contribution in [0.15, 0.2) is 6.33 Å². The fourth-order valence-corrected chi connectivity index (χ4v) is 1.01. The number of nitrogens with zero attached hydrogens (tertiary/aromatic N) is 3. The van der Waals surface area contributed by atoms with E-state index in [-0.39, 0.29) is 11.9 Å². The molecule has 2 rings (SSSR count). The van der Waals surface area contributed by atoms with Gasteiger partial charge in [-0.15, -0.1) is 5.10 Å². The van der Waals surface area contributed by atoms with E-state index in [2.05, 4.69) is 15.4 Å². The van der Waals surface area contributed by atoms with Crippen LogP contribution in [0.25, 0.3) is 0 Å². The lowest BCUT2D eigenvalue weighted by Crippen LogP contribution is -2.43. The van der Waals surface area contributed by atoms with Crippen LogP contribution in [0.5, 0.6) is 0 Å². The summed E-state index contributed by atoms with van der Waals surface area (Å²) in [5.41, 5.74) is 0. The Hall–Kier alpha value is -1.43. The highest BCUT2D eigenvalue weighted by atomic mass is 16.4. The van der Waals surface area contributed by atoms with Crippen LogP contribution >= 0.6 is 0 Å². The van der Waals surface area contributed by atoms with Crippen molar-refractivity contribution in [2.24, 2.45) is 0 Å². The van der Waals surface area contributed by atoms with E-state index >= 15 is 0 Å². The number of rotatable bonds is 2. The minimum absolute atomic E-state index is 0.137. The maximum Gasteiger partial charge on any atom is 0.375 e. The van der Waals surface area contributed by atoms with Crippen molar-refractivity contribution in [3.8, 4) is 0 Å². The fourth-order valence-electron chi connectivity index (χ4n) is 1.01. The third-order valence-electron chi connectivity index (χ3n) is 1.83. The molecular formula is C6H8N4O2. The number of nitrogens with one attached hydrogen (secondary N) is 1. The first-order valence-corrected chi connectivity index (χ1v) is 3.62. The Morgan fingerprint density at radius 1 is 1.75 bits per heavy atom. The molecule has 1 aromatic rings. The zero-order chi connectivity index (χ0) is 8.55. The van der Waals surface area contributed by atoms with Gasteiger partial charge in [0.2, 0.25) is 0 Å². The highest BCUT2D eigenvalue weighted by Crippen LogP contribution is 2.08. The zero-order valence-corrected chi connectivity index (χ0v) is 6.27. The van der Waals surface area contributed by atoms with E-state index in [9.17, 15) is 4.79 Å². The first kappa shape index (κ1) is 7.23. The predicted molar refractivity (Wildman–Crippen MR) is 38.9 cm³/mol. The SMILES string of the molecule is O=C(O)c1ncn(C2CNC2)n1. The van der Waals surface area contributed by atoms with Crippen LogP contribution in [0.3, 0.4) is 0 Å². The number of carboxylic acids is 1. The average molecular weight is 168 g/mol. The number of carbonyl (C=O) groups is 1. The van der Waals surface area contributed by atoms with Crippen LogP contribution in [-0.4, -0.2) is 38.9 Å². The second kappa shape index (κ2) is 2.56. The van der Waals surface area contributed by atoms with Crippen molar-refractivity contribution in [1.29, 1.82) is 0 Å². The maximum absolute atomic E-state index is 10.4. The molecule has 0 aliphatic carbocycles. The lowest BCUT2D eigenvalue weighted by molar-refractivity contribution is 0.0682. The molecule has 1 fully saturated rings. The van der Waals surface area contributed by atoms with Gasteiger partial charge in [0.1, 0.15) is 6.33 Å². The summed E-state index contributed by atoms with van der Waals surface area (Å²) in [6.45, 7) is 1.67. The molecule has 0 radical (unpaired) electrons. The second-order valence-electron chi connectivity index (χ2n) is 2.67. The molecule has 1 aliphatic heterocycles. The lowest BCUT2D eigenvalue weighted by Gasteiger charge is -2.26. The molecule has 0 aromatic carbocycles. The van der Waals surface area contributed by atoms with E-state index in [4.69, 9.17) is 5.11 Å². The molecule has 1 saturated heterocycles. The monoisotopic (exact) mass is 168 g/mol. The van der Waals surface area contributed by atoms with E-state index in [1.54, 1.807) is 4.68 Å². The van der Waals surface area contributed by atoms with Crippen molar-refractivity contribution in [2.75, 3.05) is 13.1 Å². The van der Waals surface area contributed by atoms with E-state index in [1.165, 1.54) is 6.33 Å². The third-order valence-corrected chi connectivity index (χ3v) is 1.83. The maximum atomic E-state index is 10.4. The molecule has 0 bridgehead atoms. The van der Waals surface area contributed by atoms with Gasteiger partial charge < -0.3 is 10.4 Å². The van der Waals surface area contributed by atoms with Gasteiger partial charge in [0, 0.05) is 13.1 Å². The van der Waals surface area contributed by atoms with Crippen molar-refractivity contribution >= 4 is 5.97 Å². The van der Waals surface area contributed by atoms with Gasteiger partial charge >= 0.3 is 5.97 Å². The van der Waals surface area contributed by atoms with Crippen LogP contribution in [0.1, 0.15) is 16.7 Å². The molecule has 2 heterocycles. The summed E-state index contributed by atoms with van der Waals surface area (Å²) in [5.74, 6) is -1.22. The molecule has 12 heavy (non-hydrogen) atoms. The summed E-state index contributed by atoms with van der Waals surface area (Å²) in [6.07, 6.45) is 1.45. The summed E-state index contributed by atoms with van der Waals surface area (Å²) >= 11 is 0. The summed E-state index contributed by atoms with van der Waals surface area (Å²) in [6, 6.07) is 0.269. The van der Waals surface area contributed by atoms with E-state index < -0.39 is 5.97 Å². The van der Waals surface area contributed by atoms with Crippen LogP contribution in [0, 0.1) is 0 Å². The summed E-state index contributed by atoms with van der Waals surface area (Å²) in [5, 5.41) is 15.4.